The van der Waals surface area contributed by atoms with Crippen LogP contribution < -0.4 is 134 Å². The number of aromatic nitrogens is 18. The average molecular weight is 1790 g/mol. The maximum Gasteiger partial charge on any atom is 0.407 e. The molecule has 0 spiro atoms. The molecule has 6 aromatic heterocycles. The predicted molar refractivity (Wildman–Crippen MR) is 482 cm³/mol. The number of hydrogen-bond donors (Lipinski definition) is 25. The van der Waals surface area contributed by atoms with Crippen molar-refractivity contribution < 1.29 is 57.2 Å². The molecule has 55 nitrogen and oxygen atoms in total. The van der Waals surface area contributed by atoms with Crippen LogP contribution in [-0.2, 0) is 28.4 Å². The number of nitrogen functional groups attached to an aromatic ring is 1. The zero-order valence-corrected chi connectivity index (χ0v) is 75.6. The highest BCUT2D eigenvalue weighted by Crippen LogP contribution is 2.19. The van der Waals surface area contributed by atoms with Crippen molar-refractivity contribution in [1.82, 2.24) is 122 Å². The van der Waals surface area contributed by atoms with E-state index in [4.69, 9.17) is 39.9 Å². The Kier molecular flexibility index (Phi) is 40.7. The molecule has 127 heavy (non-hydrogen) atoms. The summed E-state index contributed by atoms with van der Waals surface area (Å²) in [6.45, 7) is 37.3. The summed E-state index contributed by atoms with van der Waals surface area (Å²) in [7, 11) is 0. The molecule has 0 aliphatic carbocycles. The summed E-state index contributed by atoms with van der Waals surface area (Å²) in [5.74, 6) is 3.09. The fraction of sp³-hybridized carbons (Fsp3) is 0.667. The zero-order chi connectivity index (χ0) is 93.1. The van der Waals surface area contributed by atoms with E-state index in [1.165, 1.54) is 0 Å². The van der Waals surface area contributed by atoms with Gasteiger partial charge in [0.05, 0.1) is 0 Å². The van der Waals surface area contributed by atoms with Crippen molar-refractivity contribution >= 4 is 144 Å². The highest BCUT2D eigenvalue weighted by molar-refractivity contribution is 5.70. The molecule has 0 radical (unpaired) electrons. The van der Waals surface area contributed by atoms with Crippen molar-refractivity contribution in [3.63, 3.8) is 0 Å². The molecule has 0 fully saturated rings. The molecule has 55 heteroatoms. The van der Waals surface area contributed by atoms with Crippen molar-refractivity contribution in [2.75, 3.05) is 253 Å². The van der Waals surface area contributed by atoms with E-state index in [-0.39, 0.29) is 251 Å². The van der Waals surface area contributed by atoms with Gasteiger partial charge in [-0.25, -0.2) is 28.8 Å². The lowest BCUT2D eigenvalue weighted by Gasteiger charge is -2.19. The Hall–Kier alpha value is -14.0. The van der Waals surface area contributed by atoms with Crippen molar-refractivity contribution in [3.05, 3.63) is 0 Å². The summed E-state index contributed by atoms with van der Waals surface area (Å²) in [6.07, 6.45) is -3.52. The molecule has 6 amide bonds. The number of rotatable bonds is 52. The number of anilines is 18. The van der Waals surface area contributed by atoms with Crippen LogP contribution in [-0.4, -0.2) is 317 Å². The van der Waals surface area contributed by atoms with Crippen LogP contribution >= 0.6 is 0 Å². The molecule has 0 aliphatic heterocycles. The molecule has 27 N–H and O–H groups in total. The molecule has 0 aliphatic rings. The van der Waals surface area contributed by atoms with E-state index in [0.717, 1.165) is 0 Å². The average Bonchev–Trinajstić information content (AvgIpc) is 0.874. The monoisotopic (exact) mass is 1790 g/mol. The van der Waals surface area contributed by atoms with Gasteiger partial charge in [0.25, 0.3) is 0 Å². The van der Waals surface area contributed by atoms with Crippen LogP contribution in [0.2, 0.25) is 0 Å². The minimum atomic E-state index is -0.718. The van der Waals surface area contributed by atoms with E-state index in [9.17, 15) is 28.8 Å². The van der Waals surface area contributed by atoms with Gasteiger partial charge in [-0.15, -0.1) is 0 Å². The van der Waals surface area contributed by atoms with Crippen LogP contribution in [0.25, 0.3) is 0 Å². The smallest absolute Gasteiger partial charge is 0.407 e. The van der Waals surface area contributed by atoms with Gasteiger partial charge in [-0.2, -0.15) is 89.7 Å². The minimum absolute atomic E-state index is 0.0436. The molecule has 6 rings (SSSR count). The van der Waals surface area contributed by atoms with Crippen molar-refractivity contribution in [1.29, 1.82) is 0 Å². The standard InChI is InChI=1S/C72H129N43O12/c1-67(2,3)122-61(116)92-37-31-77-45-99-43(74)98-44(100-45)76-21-22-78-48-104-49(109-57(108-48)88-33-39-94-63(118)124-69(7,8)9)81-25-26-82-52-106-53(113-59(112-52)90-35-41-96-65(120)126-71(13,14)15)85-29-30-86-55-107-54(114-60(115-55)91-36-42-97-66(121)127-72(16,17)18)84-28-27-83-51-105-50(110-58(111-51)89-34-40-95-64(119)125-70(10,11)12)80-24-23-79-47-101-46(75-20-19-73)102-56(103-47)87-32-38-93-62(117)123-68(4,5)6/h19-42,73H2,1-18H3,(H,92,116)(H,93,117)(H,94,118)(H,95,119)(H,96,120)(H,97,121)(H4,74,76,77,98,99,100)(H3,75,79,87,101,102,103)(H3,78,81,88,104,108,109)(H3,80,83,89,105,110,111)(H3,82,85,90,106,112,113)(H3,84,86,91,107,114,115). The van der Waals surface area contributed by atoms with Crippen molar-refractivity contribution in [2.45, 2.75) is 158 Å². The fourth-order valence-corrected chi connectivity index (χ4v) is 9.46. The van der Waals surface area contributed by atoms with Gasteiger partial charge in [0.15, 0.2) is 0 Å². The first kappa shape index (κ1) is 102. The molecule has 0 aromatic carbocycles. The molecule has 0 saturated heterocycles. The second kappa shape index (κ2) is 50.7. The van der Waals surface area contributed by atoms with Crippen LogP contribution in [0.5, 0.6) is 0 Å². The fourth-order valence-electron chi connectivity index (χ4n) is 9.46. The van der Waals surface area contributed by atoms with Crippen molar-refractivity contribution in [3.8, 4) is 0 Å². The van der Waals surface area contributed by atoms with Gasteiger partial charge in [0.2, 0.25) is 107 Å². The minimum Gasteiger partial charge on any atom is -0.444 e. The largest absolute Gasteiger partial charge is 0.444 e. The molecule has 0 saturated carbocycles. The highest BCUT2D eigenvalue weighted by atomic mass is 16.6. The van der Waals surface area contributed by atoms with Crippen LogP contribution in [0, 0.1) is 0 Å². The molecule has 0 atom stereocenters. The third-order valence-corrected chi connectivity index (χ3v) is 14.2. The summed E-state index contributed by atoms with van der Waals surface area (Å²) in [6, 6.07) is 0. The number of carbonyl (C=O) groups is 6. The number of nitrogens with two attached hydrogens (primary N) is 2. The third-order valence-electron chi connectivity index (χ3n) is 14.2. The van der Waals surface area contributed by atoms with Crippen LogP contribution in [0.1, 0.15) is 125 Å². The first-order valence-electron chi connectivity index (χ1n) is 41.3. The third kappa shape index (κ3) is 47.5. The van der Waals surface area contributed by atoms with E-state index in [0.29, 0.717) is 13.1 Å². The van der Waals surface area contributed by atoms with E-state index in [1.807, 2.05) is 0 Å². The van der Waals surface area contributed by atoms with Gasteiger partial charge in [-0.3, -0.25) is 0 Å². The van der Waals surface area contributed by atoms with E-state index < -0.39 is 70.2 Å². The number of carbonyl (C=O) groups excluding carboxylic acids is 6. The van der Waals surface area contributed by atoms with Gasteiger partial charge >= 0.3 is 36.6 Å². The maximum atomic E-state index is 12.5. The van der Waals surface area contributed by atoms with Crippen molar-refractivity contribution in [2.24, 2.45) is 5.73 Å². The van der Waals surface area contributed by atoms with E-state index in [1.54, 1.807) is 125 Å². The first-order valence-corrected chi connectivity index (χ1v) is 41.3. The SMILES string of the molecule is CC(C)(C)OC(=O)NCCNc1nc(N)nc(NCCNc2nc(NCCNC(=O)OC(C)(C)C)nc(NCCNc3nc(NCCNC(=O)OC(C)(C)C)nc(NCCNc4nc(NCCNC(=O)OC(C)(C)C)nc(NCCNc5nc(NCCNC(=O)OC(C)(C)C)nc(NCCNc6nc(NCCN)nc(NCCNC(=O)OC(C)(C)C)n6)n5)n4)n3)n2)n1. The van der Waals surface area contributed by atoms with E-state index >= 15 is 0 Å². The number of alkyl carbamates (subject to hydrolysis) is 6. The molecule has 6 heterocycles. The molecule has 704 valence electrons. The number of ether oxygens (including phenoxy) is 6. The van der Waals surface area contributed by atoms with Gasteiger partial charge in [0.1, 0.15) is 33.6 Å². The summed E-state index contributed by atoms with van der Waals surface area (Å²) >= 11 is 0. The summed E-state index contributed by atoms with van der Waals surface area (Å²) < 4.78 is 32.2. The molecule has 6 aromatic rings. The van der Waals surface area contributed by atoms with Gasteiger partial charge in [-0.05, 0) is 125 Å². The van der Waals surface area contributed by atoms with Crippen LogP contribution in [0.3, 0.4) is 0 Å². The molecule has 0 bridgehead atoms. The molecular weight excluding hydrogens is 1660 g/mol. The van der Waals surface area contributed by atoms with Gasteiger partial charge in [0, 0.05) is 157 Å². The maximum absolute atomic E-state index is 12.5. The van der Waals surface area contributed by atoms with Gasteiger partial charge in [-0.1, -0.05) is 0 Å². The van der Waals surface area contributed by atoms with E-state index in [2.05, 4.69) is 212 Å². The lowest BCUT2D eigenvalue weighted by molar-refractivity contribution is 0.0518. The molecule has 0 unspecified atom stereocenters. The normalized spacial score (nSPS) is 11.5. The first-order chi connectivity index (χ1) is 59.9. The molecular formula is C72H129N43O12. The Balaban J connectivity index is 1.13. The Morgan fingerprint density at radius 3 is 0.402 bits per heavy atom. The van der Waals surface area contributed by atoms with Gasteiger partial charge < -0.3 is 162 Å². The second-order valence-electron chi connectivity index (χ2n) is 33.0. The topological polar surface area (TPSA) is 719 Å². The van der Waals surface area contributed by atoms with Crippen LogP contribution in [0.15, 0.2) is 0 Å². The number of hydrogen-bond acceptors (Lipinski definition) is 49. The second-order valence-corrected chi connectivity index (χ2v) is 33.0. The Bertz CT molecular complexity index is 4410. The zero-order valence-electron chi connectivity index (χ0n) is 75.6. The van der Waals surface area contributed by atoms with Crippen LogP contribution in [0.4, 0.5) is 136 Å². The summed E-state index contributed by atoms with van der Waals surface area (Å²) in [5, 5.41) is 69.8. The number of amides is 6. The Morgan fingerprint density at radius 1 is 0.189 bits per heavy atom. The summed E-state index contributed by atoms with van der Waals surface area (Å²) in [5.41, 5.74) is 7.61. The Morgan fingerprint density at radius 2 is 0.291 bits per heavy atom. The highest BCUT2D eigenvalue weighted by Gasteiger charge is 2.23. The lowest BCUT2D eigenvalue weighted by Crippen LogP contribution is -2.35. The Labute approximate surface area is 736 Å². The number of nitrogens with one attached hydrogen (secondary N) is 23. The lowest BCUT2D eigenvalue weighted by atomic mass is 10.2. The predicted octanol–water partition coefficient (Wildman–Crippen LogP) is 2.99. The quantitative estimate of drug-likeness (QED) is 0.0193. The summed E-state index contributed by atoms with van der Waals surface area (Å²) in [4.78, 5) is 156. The number of nitrogens with zero attached hydrogens (tertiary/aromatic N) is 18.